The fraction of sp³-hybridized carbons (Fsp3) is 0.500. The van der Waals surface area contributed by atoms with Gasteiger partial charge in [0.1, 0.15) is 0 Å². The lowest BCUT2D eigenvalue weighted by molar-refractivity contribution is 0.0968. The van der Waals surface area contributed by atoms with E-state index in [2.05, 4.69) is 4.98 Å². The molecule has 2 rings (SSSR count). The van der Waals surface area contributed by atoms with Crippen molar-refractivity contribution in [2.45, 2.75) is 19.3 Å². The molecule has 0 amide bonds. The summed E-state index contributed by atoms with van der Waals surface area (Å²) >= 11 is 0. The third kappa shape index (κ3) is 4.85. The van der Waals surface area contributed by atoms with Crippen molar-refractivity contribution >= 4 is 0 Å². The third-order valence-electron chi connectivity index (χ3n) is 1.64. The maximum Gasteiger partial charge on any atom is 0.0466 e. The number of ether oxygens (including phenoxy) is 1. The van der Waals surface area contributed by atoms with Gasteiger partial charge in [-0.1, -0.05) is 6.07 Å². The van der Waals surface area contributed by atoms with Crippen molar-refractivity contribution in [2.24, 2.45) is 0 Å². The molecule has 1 aromatic rings. The molecule has 1 aromatic heterocycles. The zero-order valence-electron chi connectivity index (χ0n) is 7.28. The summed E-state index contributed by atoms with van der Waals surface area (Å²) in [7, 11) is 0. The lowest BCUT2D eigenvalue weighted by Gasteiger charge is -2.08. The summed E-state index contributed by atoms with van der Waals surface area (Å²) in [5.74, 6) is 0. The summed E-state index contributed by atoms with van der Waals surface area (Å²) in [4.78, 5) is 3.78. The number of pyridine rings is 1. The van der Waals surface area contributed by atoms with Crippen LogP contribution in [0.15, 0.2) is 30.6 Å². The lowest BCUT2D eigenvalue weighted by Crippen LogP contribution is -2.03. The van der Waals surface area contributed by atoms with Gasteiger partial charge < -0.3 is 4.74 Å². The van der Waals surface area contributed by atoms with Gasteiger partial charge >= 0.3 is 0 Å². The molecule has 0 atom stereocenters. The van der Waals surface area contributed by atoms with E-state index in [1.54, 1.807) is 12.4 Å². The predicted octanol–water partition coefficient (Wildman–Crippen LogP) is 2.27. The van der Waals surface area contributed by atoms with Gasteiger partial charge in [0, 0.05) is 25.6 Å². The van der Waals surface area contributed by atoms with Crippen molar-refractivity contribution in [3.8, 4) is 0 Å². The molecule has 1 aliphatic rings. The van der Waals surface area contributed by atoms with E-state index in [9.17, 15) is 0 Å². The van der Waals surface area contributed by atoms with Crippen molar-refractivity contribution in [3.63, 3.8) is 0 Å². The van der Waals surface area contributed by atoms with Crippen LogP contribution < -0.4 is 0 Å². The van der Waals surface area contributed by atoms with Gasteiger partial charge in [0.05, 0.1) is 0 Å². The van der Waals surface area contributed by atoms with Crippen molar-refractivity contribution in [1.29, 1.82) is 0 Å². The Labute approximate surface area is 73.6 Å². The molecular weight excluding hydrogens is 150 g/mol. The summed E-state index contributed by atoms with van der Waals surface area (Å²) in [6, 6.07) is 5.72. The van der Waals surface area contributed by atoms with Gasteiger partial charge in [-0.25, -0.2) is 0 Å². The highest BCUT2D eigenvalue weighted by atomic mass is 16.5. The molecule has 0 aromatic carbocycles. The molecule has 1 aliphatic heterocycles. The molecule has 0 saturated carbocycles. The van der Waals surface area contributed by atoms with E-state index in [0.29, 0.717) is 0 Å². The second-order valence-electron chi connectivity index (χ2n) is 2.70. The monoisotopic (exact) mass is 165 g/mol. The maximum absolute atomic E-state index is 5.07. The van der Waals surface area contributed by atoms with E-state index < -0.39 is 0 Å². The Morgan fingerprint density at radius 1 is 0.833 bits per heavy atom. The van der Waals surface area contributed by atoms with Crippen molar-refractivity contribution in [1.82, 2.24) is 4.98 Å². The minimum atomic E-state index is 1.00. The average molecular weight is 165 g/mol. The molecule has 2 nitrogen and oxygen atoms in total. The quantitative estimate of drug-likeness (QED) is 0.588. The second-order valence-corrected chi connectivity index (χ2v) is 2.70. The van der Waals surface area contributed by atoms with Crippen LogP contribution in [0.5, 0.6) is 0 Å². The first kappa shape index (κ1) is 9.20. The molecule has 1 saturated heterocycles. The van der Waals surface area contributed by atoms with Crippen LogP contribution in [0.2, 0.25) is 0 Å². The largest absolute Gasteiger partial charge is 0.381 e. The summed E-state index contributed by atoms with van der Waals surface area (Å²) in [6.07, 6.45) is 7.43. The first-order valence-corrected chi connectivity index (χ1v) is 4.43. The van der Waals surface area contributed by atoms with E-state index in [0.717, 1.165) is 13.2 Å². The molecule has 0 radical (unpaired) electrons. The SMILES string of the molecule is C1CCOCC1.c1ccncc1. The number of nitrogens with zero attached hydrogens (tertiary/aromatic N) is 1. The number of rotatable bonds is 0. The first-order valence-electron chi connectivity index (χ1n) is 4.43. The van der Waals surface area contributed by atoms with Gasteiger partial charge in [-0.2, -0.15) is 0 Å². The Morgan fingerprint density at radius 3 is 1.67 bits per heavy atom. The highest BCUT2D eigenvalue weighted by molar-refractivity contribution is 4.88. The minimum absolute atomic E-state index is 1.00. The molecular formula is C10H15NO. The smallest absolute Gasteiger partial charge is 0.0466 e. The van der Waals surface area contributed by atoms with E-state index >= 15 is 0 Å². The van der Waals surface area contributed by atoms with Gasteiger partial charge in [0.25, 0.3) is 0 Å². The molecule has 66 valence electrons. The minimum Gasteiger partial charge on any atom is -0.381 e. The van der Waals surface area contributed by atoms with E-state index in [1.807, 2.05) is 18.2 Å². The average Bonchev–Trinajstić information content (AvgIpc) is 2.24. The van der Waals surface area contributed by atoms with Gasteiger partial charge in [-0.3, -0.25) is 4.98 Å². The summed E-state index contributed by atoms with van der Waals surface area (Å²) in [6.45, 7) is 2.00. The zero-order valence-corrected chi connectivity index (χ0v) is 7.28. The third-order valence-corrected chi connectivity index (χ3v) is 1.64. The lowest BCUT2D eigenvalue weighted by atomic mass is 10.2. The van der Waals surface area contributed by atoms with Crippen LogP contribution in [0, 0.1) is 0 Å². The Balaban J connectivity index is 0.000000120. The second kappa shape index (κ2) is 6.80. The van der Waals surface area contributed by atoms with Crippen LogP contribution in [-0.4, -0.2) is 18.2 Å². The van der Waals surface area contributed by atoms with Crippen LogP contribution in [0.4, 0.5) is 0 Å². The van der Waals surface area contributed by atoms with Crippen LogP contribution in [0.3, 0.4) is 0 Å². The molecule has 2 heteroatoms. The highest BCUT2D eigenvalue weighted by Crippen LogP contribution is 2.02. The van der Waals surface area contributed by atoms with Crippen molar-refractivity contribution in [3.05, 3.63) is 30.6 Å². The molecule has 2 heterocycles. The summed E-state index contributed by atoms with van der Waals surface area (Å²) < 4.78 is 5.07. The normalized spacial score (nSPS) is 16.0. The van der Waals surface area contributed by atoms with Gasteiger partial charge in [-0.15, -0.1) is 0 Å². The van der Waals surface area contributed by atoms with Gasteiger partial charge in [-0.05, 0) is 31.4 Å². The fourth-order valence-electron chi connectivity index (χ4n) is 1.000. The number of aromatic nitrogens is 1. The van der Waals surface area contributed by atoms with Crippen LogP contribution in [0.25, 0.3) is 0 Å². The molecule has 1 fully saturated rings. The Bertz CT molecular complexity index is 134. The summed E-state index contributed by atoms with van der Waals surface area (Å²) in [5, 5.41) is 0. The van der Waals surface area contributed by atoms with Crippen LogP contribution >= 0.6 is 0 Å². The topological polar surface area (TPSA) is 22.1 Å². The number of hydrogen-bond acceptors (Lipinski definition) is 2. The molecule has 0 N–H and O–H groups in total. The molecule has 12 heavy (non-hydrogen) atoms. The standard InChI is InChI=1S/C5H5N.C5H10O/c2*1-2-4-6-5-3-1/h1-5H;1-5H2. The van der Waals surface area contributed by atoms with E-state index in [-0.39, 0.29) is 0 Å². The highest BCUT2D eigenvalue weighted by Gasteiger charge is 1.94. The molecule has 0 aliphatic carbocycles. The molecule has 0 spiro atoms. The van der Waals surface area contributed by atoms with Gasteiger partial charge in [0.2, 0.25) is 0 Å². The molecule has 0 bridgehead atoms. The van der Waals surface area contributed by atoms with Crippen LogP contribution in [-0.2, 0) is 4.74 Å². The van der Waals surface area contributed by atoms with E-state index in [4.69, 9.17) is 4.74 Å². The van der Waals surface area contributed by atoms with Crippen molar-refractivity contribution < 1.29 is 4.74 Å². The first-order chi connectivity index (χ1) is 6.00. The Morgan fingerprint density at radius 2 is 1.50 bits per heavy atom. The molecule has 0 unspecified atom stereocenters. The maximum atomic E-state index is 5.07. The van der Waals surface area contributed by atoms with Gasteiger partial charge in [0.15, 0.2) is 0 Å². The Hall–Kier alpha value is -0.890. The van der Waals surface area contributed by atoms with Crippen molar-refractivity contribution in [2.75, 3.05) is 13.2 Å². The number of hydrogen-bond donors (Lipinski definition) is 0. The predicted molar refractivity (Wildman–Crippen MR) is 48.9 cm³/mol. The zero-order chi connectivity index (χ0) is 8.49. The van der Waals surface area contributed by atoms with Crippen LogP contribution in [0.1, 0.15) is 19.3 Å². The Kier molecular flexibility index (Phi) is 5.21. The van der Waals surface area contributed by atoms with E-state index in [1.165, 1.54) is 19.3 Å². The summed E-state index contributed by atoms with van der Waals surface area (Å²) in [5.41, 5.74) is 0. The fourth-order valence-corrected chi connectivity index (χ4v) is 1.000.